The fourth-order valence-electron chi connectivity index (χ4n) is 3.49. The Morgan fingerprint density at radius 2 is 1.97 bits per heavy atom. The van der Waals surface area contributed by atoms with Gasteiger partial charge in [-0.25, -0.2) is 4.98 Å². The minimum atomic E-state index is -0.431. The van der Waals surface area contributed by atoms with Gasteiger partial charge < -0.3 is 5.32 Å². The van der Waals surface area contributed by atoms with Gasteiger partial charge in [-0.2, -0.15) is 0 Å². The highest BCUT2D eigenvalue weighted by molar-refractivity contribution is 7.10. The van der Waals surface area contributed by atoms with E-state index in [0.29, 0.717) is 5.65 Å². The second-order valence-electron chi connectivity index (χ2n) is 7.33. The topological polar surface area (TPSA) is 63.5 Å². The maximum atomic E-state index is 13.1. The van der Waals surface area contributed by atoms with Gasteiger partial charge in [-0.3, -0.25) is 14.0 Å². The van der Waals surface area contributed by atoms with Crippen LogP contribution in [0.3, 0.4) is 0 Å². The van der Waals surface area contributed by atoms with E-state index >= 15 is 0 Å². The molecule has 152 valence electrons. The molecule has 30 heavy (non-hydrogen) atoms. The van der Waals surface area contributed by atoms with Gasteiger partial charge >= 0.3 is 0 Å². The fraction of sp³-hybridized carbons (Fsp3) is 0.208. The van der Waals surface area contributed by atoms with E-state index in [0.717, 1.165) is 28.8 Å². The predicted molar refractivity (Wildman–Crippen MR) is 120 cm³/mol. The van der Waals surface area contributed by atoms with Gasteiger partial charge in [0, 0.05) is 17.3 Å². The Labute approximate surface area is 179 Å². The number of rotatable bonds is 6. The Bertz CT molecular complexity index is 1230. The largest absolute Gasteiger partial charge is 0.340 e. The van der Waals surface area contributed by atoms with Crippen molar-refractivity contribution in [3.05, 3.63) is 104 Å². The first kappa shape index (κ1) is 20.0. The molecule has 0 saturated heterocycles. The van der Waals surface area contributed by atoms with Crippen LogP contribution in [0.5, 0.6) is 0 Å². The molecule has 0 bridgehead atoms. The lowest BCUT2D eigenvalue weighted by Crippen LogP contribution is -2.34. The van der Waals surface area contributed by atoms with Gasteiger partial charge in [0.2, 0.25) is 0 Å². The van der Waals surface area contributed by atoms with Gasteiger partial charge in [-0.05, 0) is 47.5 Å². The third kappa shape index (κ3) is 4.04. The van der Waals surface area contributed by atoms with Gasteiger partial charge in [-0.15, -0.1) is 11.3 Å². The number of aromatic nitrogens is 2. The van der Waals surface area contributed by atoms with Crippen molar-refractivity contribution in [2.24, 2.45) is 0 Å². The number of thiophene rings is 1. The van der Waals surface area contributed by atoms with Crippen LogP contribution >= 0.6 is 11.3 Å². The Hall–Kier alpha value is -3.25. The maximum absolute atomic E-state index is 13.1. The minimum absolute atomic E-state index is 0.0299. The third-order valence-electron chi connectivity index (χ3n) is 5.05. The molecule has 3 heterocycles. The zero-order chi connectivity index (χ0) is 21.1. The summed E-state index contributed by atoms with van der Waals surface area (Å²) in [6, 6.07) is 15.6. The van der Waals surface area contributed by atoms with E-state index in [-0.39, 0.29) is 17.2 Å². The summed E-state index contributed by atoms with van der Waals surface area (Å²) in [5, 5.41) is 5.02. The highest BCUT2D eigenvalue weighted by Crippen LogP contribution is 2.27. The lowest BCUT2D eigenvalue weighted by Gasteiger charge is -2.18. The first-order valence-corrected chi connectivity index (χ1v) is 10.9. The molecule has 4 rings (SSSR count). The molecule has 0 aliphatic carbocycles. The maximum Gasteiger partial charge on any atom is 0.270 e. The van der Waals surface area contributed by atoms with Gasteiger partial charge in [-0.1, -0.05) is 49.7 Å². The molecule has 5 nitrogen and oxygen atoms in total. The summed E-state index contributed by atoms with van der Waals surface area (Å²) in [5.74, 6) is -0.431. The van der Waals surface area contributed by atoms with E-state index in [4.69, 9.17) is 0 Å². The molecule has 0 unspecified atom stereocenters. The summed E-state index contributed by atoms with van der Waals surface area (Å²) in [6.45, 7) is 4.05. The van der Waals surface area contributed by atoms with Gasteiger partial charge in [0.05, 0.1) is 6.04 Å². The monoisotopic (exact) mass is 417 g/mol. The molecule has 0 aliphatic rings. The number of amides is 1. The number of nitrogens with one attached hydrogen (secondary N) is 1. The normalized spacial score (nSPS) is 12.1. The smallest absolute Gasteiger partial charge is 0.270 e. The molecule has 0 radical (unpaired) electrons. The van der Waals surface area contributed by atoms with Crippen molar-refractivity contribution in [3.63, 3.8) is 0 Å². The highest BCUT2D eigenvalue weighted by Gasteiger charge is 2.21. The Morgan fingerprint density at radius 3 is 2.67 bits per heavy atom. The molecule has 0 aliphatic heterocycles. The molecule has 0 saturated carbocycles. The van der Waals surface area contributed by atoms with Crippen LogP contribution in [0.4, 0.5) is 0 Å². The van der Waals surface area contributed by atoms with E-state index in [1.54, 1.807) is 23.6 Å². The number of aryl methyl sites for hydroxylation is 2. The molecule has 1 atom stereocenters. The number of carbonyl (C=O) groups is 1. The standard InChI is InChI=1S/C24H23N3O2S/c1-3-5-17-8-10-18(11-9-17)22(20-6-4-13-30-20)26-23(28)19-14-25-21-12-7-16(2)15-27(21)24(19)29/h4,6-15,22H,3,5H2,1-2H3,(H,26,28)/t22-/m1/s1. The zero-order valence-electron chi connectivity index (χ0n) is 17.0. The number of fused-ring (bicyclic) bond motifs is 1. The Balaban J connectivity index is 1.68. The quantitative estimate of drug-likeness (QED) is 0.501. The summed E-state index contributed by atoms with van der Waals surface area (Å²) in [4.78, 5) is 31.3. The average molecular weight is 418 g/mol. The van der Waals surface area contributed by atoms with Crippen molar-refractivity contribution < 1.29 is 4.79 Å². The predicted octanol–water partition coefficient (Wildman–Crippen LogP) is 4.54. The van der Waals surface area contributed by atoms with E-state index in [1.807, 2.05) is 42.6 Å². The van der Waals surface area contributed by atoms with Crippen molar-refractivity contribution in [1.29, 1.82) is 0 Å². The Kier molecular flexibility index (Phi) is 5.77. The van der Waals surface area contributed by atoms with Crippen LogP contribution in [0.1, 0.15) is 51.3 Å². The highest BCUT2D eigenvalue weighted by atomic mass is 32.1. The average Bonchev–Trinajstić information content (AvgIpc) is 3.28. The van der Waals surface area contributed by atoms with Crippen LogP contribution in [0, 0.1) is 6.92 Å². The van der Waals surface area contributed by atoms with Gasteiger partial charge in [0.25, 0.3) is 11.5 Å². The van der Waals surface area contributed by atoms with E-state index in [2.05, 4.69) is 29.4 Å². The van der Waals surface area contributed by atoms with Crippen molar-refractivity contribution in [2.75, 3.05) is 0 Å². The summed E-state index contributed by atoms with van der Waals surface area (Å²) >= 11 is 1.57. The second-order valence-corrected chi connectivity index (χ2v) is 8.30. The van der Waals surface area contributed by atoms with Crippen LogP contribution in [-0.4, -0.2) is 15.3 Å². The van der Waals surface area contributed by atoms with Gasteiger partial charge in [0.1, 0.15) is 11.2 Å². The van der Waals surface area contributed by atoms with E-state index in [9.17, 15) is 9.59 Å². The number of nitrogens with zero attached hydrogens (tertiary/aromatic N) is 2. The zero-order valence-corrected chi connectivity index (χ0v) is 17.8. The number of benzene rings is 1. The SMILES string of the molecule is CCCc1ccc([C@@H](NC(=O)c2cnc3ccc(C)cn3c2=O)c2cccs2)cc1. The number of pyridine rings is 1. The van der Waals surface area contributed by atoms with Gasteiger partial charge in [0.15, 0.2) is 0 Å². The molecule has 1 amide bonds. The summed E-state index contributed by atoms with van der Waals surface area (Å²) in [5.41, 5.74) is 3.35. The molecule has 0 spiro atoms. The third-order valence-corrected chi connectivity index (χ3v) is 5.99. The first-order valence-electron chi connectivity index (χ1n) is 9.98. The molecular formula is C24H23N3O2S. The second kappa shape index (κ2) is 8.63. The van der Waals surface area contributed by atoms with Crippen molar-refractivity contribution in [3.8, 4) is 0 Å². The lowest BCUT2D eigenvalue weighted by molar-refractivity contribution is 0.0941. The van der Waals surface area contributed by atoms with E-state index < -0.39 is 5.91 Å². The molecular weight excluding hydrogens is 394 g/mol. The van der Waals surface area contributed by atoms with Crippen LogP contribution in [0.15, 0.2) is 71.1 Å². The van der Waals surface area contributed by atoms with Crippen LogP contribution in [0.2, 0.25) is 0 Å². The molecule has 1 aromatic carbocycles. The summed E-state index contributed by atoms with van der Waals surface area (Å²) in [6.07, 6.45) is 5.17. The summed E-state index contributed by atoms with van der Waals surface area (Å²) < 4.78 is 1.42. The molecule has 0 fully saturated rings. The van der Waals surface area contributed by atoms with Crippen LogP contribution in [0.25, 0.3) is 5.65 Å². The molecule has 3 aromatic heterocycles. The van der Waals surface area contributed by atoms with Crippen molar-refractivity contribution >= 4 is 22.9 Å². The van der Waals surface area contributed by atoms with Crippen LogP contribution < -0.4 is 10.9 Å². The number of hydrogen-bond donors (Lipinski definition) is 1. The van der Waals surface area contributed by atoms with Crippen LogP contribution in [-0.2, 0) is 6.42 Å². The first-order chi connectivity index (χ1) is 14.6. The van der Waals surface area contributed by atoms with Crippen molar-refractivity contribution in [1.82, 2.24) is 14.7 Å². The Morgan fingerprint density at radius 1 is 1.17 bits per heavy atom. The summed E-state index contributed by atoms with van der Waals surface area (Å²) in [7, 11) is 0. The number of hydrogen-bond acceptors (Lipinski definition) is 4. The molecule has 6 heteroatoms. The minimum Gasteiger partial charge on any atom is -0.340 e. The lowest BCUT2D eigenvalue weighted by atomic mass is 10.0. The fourth-order valence-corrected chi connectivity index (χ4v) is 4.29. The molecule has 1 N–H and O–H groups in total. The molecule has 4 aromatic rings. The number of carbonyl (C=O) groups excluding carboxylic acids is 1. The van der Waals surface area contributed by atoms with E-state index in [1.165, 1.54) is 16.2 Å². The van der Waals surface area contributed by atoms with Crippen molar-refractivity contribution in [2.45, 2.75) is 32.7 Å².